The molecule has 0 aliphatic carbocycles. The average molecular weight is 454 g/mol. The van der Waals surface area contributed by atoms with Crippen LogP contribution in [0.15, 0.2) is 60.0 Å². The summed E-state index contributed by atoms with van der Waals surface area (Å²) >= 11 is 0. The van der Waals surface area contributed by atoms with E-state index in [0.29, 0.717) is 22.8 Å². The molecule has 0 spiro atoms. The third kappa shape index (κ3) is 4.74. The number of nitrogens with one attached hydrogen (secondary N) is 1. The zero-order chi connectivity index (χ0) is 23.0. The van der Waals surface area contributed by atoms with Crippen molar-refractivity contribution in [1.82, 2.24) is 4.98 Å². The number of benzene rings is 2. The first-order valence-corrected chi connectivity index (χ1v) is 10.2. The van der Waals surface area contributed by atoms with Gasteiger partial charge in [0.1, 0.15) is 17.5 Å². The fourth-order valence-corrected chi connectivity index (χ4v) is 3.96. The van der Waals surface area contributed by atoms with Crippen LogP contribution in [-0.4, -0.2) is 13.4 Å². The van der Waals surface area contributed by atoms with Gasteiger partial charge in [0.2, 0.25) is 0 Å². The second-order valence-corrected chi connectivity index (χ2v) is 8.22. The van der Waals surface area contributed by atoms with Crippen LogP contribution in [-0.2, 0) is 16.2 Å². The number of sulfonamides is 1. The summed E-state index contributed by atoms with van der Waals surface area (Å²) in [6.45, 7) is 5.32. The Kier molecular flexibility index (Phi) is 5.86. The van der Waals surface area contributed by atoms with Gasteiger partial charge < -0.3 is 0 Å². The number of halogens is 5. The Morgan fingerprint density at radius 1 is 1.00 bits per heavy atom. The lowest BCUT2D eigenvalue weighted by Crippen LogP contribution is -2.16. The predicted molar refractivity (Wildman–Crippen MR) is 107 cm³/mol. The largest absolute Gasteiger partial charge is 0.419 e. The maximum Gasteiger partial charge on any atom is 0.419 e. The predicted octanol–water partition coefficient (Wildman–Crippen LogP) is 5.80. The van der Waals surface area contributed by atoms with Crippen molar-refractivity contribution in [3.8, 4) is 11.1 Å². The SMILES string of the molecule is C=Cc1nc(NS(=O)(=O)c2ccc(F)c(C(F)(F)F)c2)ccc1-c1ccc(F)cc1C. The first kappa shape index (κ1) is 22.4. The number of nitrogens with zero attached hydrogens (tertiary/aromatic N) is 1. The summed E-state index contributed by atoms with van der Waals surface area (Å²) in [5.41, 5.74) is 0.384. The molecule has 4 nitrogen and oxygen atoms in total. The van der Waals surface area contributed by atoms with Gasteiger partial charge in [-0.15, -0.1) is 0 Å². The van der Waals surface area contributed by atoms with Crippen molar-refractivity contribution >= 4 is 21.9 Å². The van der Waals surface area contributed by atoms with Crippen molar-refractivity contribution in [2.24, 2.45) is 0 Å². The van der Waals surface area contributed by atoms with E-state index in [9.17, 15) is 30.4 Å². The number of aryl methyl sites for hydroxylation is 1. The third-order valence-electron chi connectivity index (χ3n) is 4.39. The number of pyridine rings is 1. The molecule has 3 aromatic rings. The summed E-state index contributed by atoms with van der Waals surface area (Å²) in [6, 6.07) is 8.31. The molecule has 31 heavy (non-hydrogen) atoms. The van der Waals surface area contributed by atoms with Crippen molar-refractivity contribution < 1.29 is 30.4 Å². The van der Waals surface area contributed by atoms with Gasteiger partial charge in [0.05, 0.1) is 16.2 Å². The van der Waals surface area contributed by atoms with Gasteiger partial charge in [-0.1, -0.05) is 12.6 Å². The van der Waals surface area contributed by atoms with Crippen LogP contribution >= 0.6 is 0 Å². The average Bonchev–Trinajstić information content (AvgIpc) is 2.67. The lowest BCUT2D eigenvalue weighted by molar-refractivity contribution is -0.140. The lowest BCUT2D eigenvalue weighted by atomic mass is 9.99. The van der Waals surface area contributed by atoms with Gasteiger partial charge in [0, 0.05) is 5.56 Å². The van der Waals surface area contributed by atoms with Crippen LogP contribution in [0.4, 0.5) is 27.8 Å². The highest BCUT2D eigenvalue weighted by molar-refractivity contribution is 7.92. The zero-order valence-electron chi connectivity index (χ0n) is 16.0. The number of hydrogen-bond acceptors (Lipinski definition) is 3. The molecule has 0 bridgehead atoms. The van der Waals surface area contributed by atoms with Crippen LogP contribution in [0.5, 0.6) is 0 Å². The van der Waals surface area contributed by atoms with E-state index < -0.39 is 38.3 Å². The van der Waals surface area contributed by atoms with Crippen molar-refractivity contribution in [1.29, 1.82) is 0 Å². The Balaban J connectivity index is 1.99. The van der Waals surface area contributed by atoms with E-state index in [1.807, 2.05) is 0 Å². The molecule has 0 aliphatic rings. The Bertz CT molecular complexity index is 1270. The topological polar surface area (TPSA) is 59.1 Å². The summed E-state index contributed by atoms with van der Waals surface area (Å²) in [5.74, 6) is -2.19. The van der Waals surface area contributed by atoms with E-state index in [4.69, 9.17) is 0 Å². The molecular weight excluding hydrogens is 439 g/mol. The monoisotopic (exact) mass is 454 g/mol. The molecule has 0 unspecified atom stereocenters. The van der Waals surface area contributed by atoms with E-state index in [2.05, 4.69) is 16.3 Å². The van der Waals surface area contributed by atoms with E-state index in [1.165, 1.54) is 36.4 Å². The quantitative estimate of drug-likeness (QED) is 0.496. The van der Waals surface area contributed by atoms with Crippen LogP contribution < -0.4 is 4.72 Å². The molecule has 2 aromatic carbocycles. The van der Waals surface area contributed by atoms with E-state index in [1.54, 1.807) is 6.92 Å². The fourth-order valence-electron chi connectivity index (χ4n) is 2.93. The van der Waals surface area contributed by atoms with E-state index >= 15 is 0 Å². The molecule has 0 saturated heterocycles. The smallest absolute Gasteiger partial charge is 0.263 e. The van der Waals surface area contributed by atoms with Crippen molar-refractivity contribution in [3.63, 3.8) is 0 Å². The Labute approximate surface area is 175 Å². The summed E-state index contributed by atoms with van der Waals surface area (Å²) < 4.78 is 92.7. The van der Waals surface area contributed by atoms with Crippen molar-refractivity contribution in [3.05, 3.63) is 83.6 Å². The second-order valence-electron chi connectivity index (χ2n) is 6.54. The summed E-state index contributed by atoms with van der Waals surface area (Å²) in [5, 5.41) is 0. The van der Waals surface area contributed by atoms with Gasteiger partial charge in [-0.2, -0.15) is 13.2 Å². The molecular formula is C21H15F5N2O2S. The minimum Gasteiger partial charge on any atom is -0.263 e. The van der Waals surface area contributed by atoms with E-state index in [0.717, 1.165) is 6.07 Å². The maximum atomic E-state index is 13.5. The molecule has 162 valence electrons. The minimum absolute atomic E-state index is 0.184. The van der Waals surface area contributed by atoms with Crippen LogP contribution in [0, 0.1) is 18.6 Å². The molecule has 3 rings (SSSR count). The molecule has 0 saturated carbocycles. The highest BCUT2D eigenvalue weighted by Crippen LogP contribution is 2.33. The van der Waals surface area contributed by atoms with Gasteiger partial charge in [-0.3, -0.25) is 4.72 Å². The van der Waals surface area contributed by atoms with Gasteiger partial charge in [0.25, 0.3) is 10.0 Å². The number of alkyl halides is 3. The first-order valence-electron chi connectivity index (χ1n) is 8.72. The molecule has 1 N–H and O–H groups in total. The zero-order valence-corrected chi connectivity index (χ0v) is 16.8. The minimum atomic E-state index is -5.06. The second kappa shape index (κ2) is 8.10. The highest BCUT2D eigenvalue weighted by atomic mass is 32.2. The highest BCUT2D eigenvalue weighted by Gasteiger charge is 2.35. The van der Waals surface area contributed by atoms with Gasteiger partial charge in [-0.05, 0) is 66.6 Å². The lowest BCUT2D eigenvalue weighted by Gasteiger charge is -2.14. The molecule has 0 amide bonds. The van der Waals surface area contributed by atoms with Crippen molar-refractivity contribution in [2.75, 3.05) is 4.72 Å². The molecule has 0 aliphatic heterocycles. The number of hydrogen-bond donors (Lipinski definition) is 1. The Morgan fingerprint density at radius 3 is 2.29 bits per heavy atom. The molecule has 0 fully saturated rings. The first-order chi connectivity index (χ1) is 14.4. The molecule has 10 heteroatoms. The molecule has 1 heterocycles. The van der Waals surface area contributed by atoms with Gasteiger partial charge in [0.15, 0.2) is 0 Å². The van der Waals surface area contributed by atoms with Crippen LogP contribution in [0.1, 0.15) is 16.8 Å². The third-order valence-corrected chi connectivity index (χ3v) is 5.74. The molecule has 0 radical (unpaired) electrons. The number of anilines is 1. The van der Waals surface area contributed by atoms with Crippen LogP contribution in [0.3, 0.4) is 0 Å². The standard InChI is InChI=1S/C21H15F5N2O2S/c1-3-19-16(15-6-4-13(22)10-12(15)2)7-9-20(27-19)28-31(29,30)14-5-8-18(23)17(11-14)21(24,25)26/h3-11H,1H2,2H3,(H,27,28). The maximum absolute atomic E-state index is 13.5. The van der Waals surface area contributed by atoms with Crippen LogP contribution in [0.25, 0.3) is 17.2 Å². The molecule has 1 aromatic heterocycles. The molecule has 0 atom stereocenters. The Hall–Kier alpha value is -3.27. The van der Waals surface area contributed by atoms with Gasteiger partial charge >= 0.3 is 6.18 Å². The number of rotatable bonds is 5. The summed E-state index contributed by atoms with van der Waals surface area (Å²) in [4.78, 5) is 3.36. The van der Waals surface area contributed by atoms with Gasteiger partial charge in [-0.25, -0.2) is 22.2 Å². The fraction of sp³-hybridized carbons (Fsp3) is 0.0952. The summed E-state index contributed by atoms with van der Waals surface area (Å²) in [6.07, 6.45) is -3.70. The summed E-state index contributed by atoms with van der Waals surface area (Å²) in [7, 11) is -4.49. The number of aromatic nitrogens is 1. The van der Waals surface area contributed by atoms with Crippen molar-refractivity contribution in [2.45, 2.75) is 18.0 Å². The van der Waals surface area contributed by atoms with E-state index in [-0.39, 0.29) is 17.6 Å². The Morgan fingerprint density at radius 2 is 1.68 bits per heavy atom. The normalized spacial score (nSPS) is 11.9. The van der Waals surface area contributed by atoms with Crippen LogP contribution in [0.2, 0.25) is 0 Å².